The van der Waals surface area contributed by atoms with E-state index in [4.69, 9.17) is 4.74 Å². The quantitative estimate of drug-likeness (QED) is 0.0320. The number of esters is 1. The molecule has 2 unspecified atom stereocenters. The van der Waals surface area contributed by atoms with Crippen LogP contribution in [0.5, 0.6) is 0 Å². The Kier molecular flexibility index (Phi) is 65.4. The minimum atomic E-state index is -0.848. The first-order valence-corrected chi connectivity index (χ1v) is 35.1. The molecule has 77 heavy (non-hydrogen) atoms. The third-order valence-electron chi connectivity index (χ3n) is 16.5. The van der Waals surface area contributed by atoms with Gasteiger partial charge in [0, 0.05) is 12.8 Å². The summed E-state index contributed by atoms with van der Waals surface area (Å²) in [6.45, 7) is 4.94. The summed E-state index contributed by atoms with van der Waals surface area (Å²) < 4.78 is 5.48. The molecule has 0 aromatic carbocycles. The molecule has 0 rings (SSSR count). The molecule has 0 saturated heterocycles. The first-order chi connectivity index (χ1) is 38.0. The van der Waals surface area contributed by atoms with Gasteiger partial charge in [0.1, 0.15) is 0 Å². The lowest BCUT2D eigenvalue weighted by Crippen LogP contribution is -2.45. The second-order valence-electron chi connectivity index (χ2n) is 24.2. The third-order valence-corrected chi connectivity index (χ3v) is 16.5. The number of hydrogen-bond acceptors (Lipinski definition) is 5. The summed E-state index contributed by atoms with van der Waals surface area (Å²) in [5.74, 6) is -0.0546. The van der Waals surface area contributed by atoms with Gasteiger partial charge < -0.3 is 20.3 Å². The van der Waals surface area contributed by atoms with Gasteiger partial charge in [0.05, 0.1) is 25.4 Å². The van der Waals surface area contributed by atoms with Crippen molar-refractivity contribution in [3.63, 3.8) is 0 Å². The molecule has 0 aliphatic heterocycles. The van der Waals surface area contributed by atoms with Gasteiger partial charge in [-0.15, -0.1) is 0 Å². The van der Waals surface area contributed by atoms with Crippen LogP contribution in [0.25, 0.3) is 0 Å². The molecule has 0 aromatic heterocycles. The Morgan fingerprint density at radius 2 is 0.610 bits per heavy atom. The summed E-state index contributed by atoms with van der Waals surface area (Å²) in [5, 5.41) is 23.3. The number of unbranched alkanes of at least 4 members (excludes halogenated alkanes) is 53. The summed E-state index contributed by atoms with van der Waals surface area (Å²) in [7, 11) is 0. The van der Waals surface area contributed by atoms with E-state index in [0.717, 1.165) is 38.5 Å². The Labute approximate surface area is 481 Å². The smallest absolute Gasteiger partial charge is 0.305 e. The van der Waals surface area contributed by atoms with Crippen LogP contribution in [0.4, 0.5) is 0 Å². The average Bonchev–Trinajstić information content (AvgIpc) is 3.43. The van der Waals surface area contributed by atoms with Gasteiger partial charge in [0.25, 0.3) is 0 Å². The van der Waals surface area contributed by atoms with E-state index < -0.39 is 12.1 Å². The predicted octanol–water partition coefficient (Wildman–Crippen LogP) is 22.5. The molecule has 0 aliphatic carbocycles. The zero-order valence-electron chi connectivity index (χ0n) is 52.2. The van der Waals surface area contributed by atoms with Crippen molar-refractivity contribution in [1.29, 1.82) is 0 Å². The Balaban J connectivity index is 3.43. The molecule has 0 spiro atoms. The summed E-state index contributed by atoms with van der Waals surface area (Å²) in [6.07, 6.45) is 83.9. The molecule has 0 aromatic rings. The van der Waals surface area contributed by atoms with Crippen LogP contribution in [0.1, 0.15) is 393 Å². The Morgan fingerprint density at radius 3 is 0.922 bits per heavy atom. The van der Waals surface area contributed by atoms with Crippen LogP contribution in [-0.4, -0.2) is 47.4 Å². The van der Waals surface area contributed by atoms with Crippen LogP contribution >= 0.6 is 0 Å². The van der Waals surface area contributed by atoms with Crippen LogP contribution in [0.3, 0.4) is 0 Å². The monoisotopic (exact) mass is 1080 g/mol. The zero-order valence-corrected chi connectivity index (χ0v) is 52.2. The highest BCUT2D eigenvalue weighted by Crippen LogP contribution is 2.19. The molecular formula is C71H137NO5. The molecule has 0 aliphatic rings. The number of rotatable bonds is 66. The molecule has 0 heterocycles. The molecule has 0 radical (unpaired) electrons. The fraction of sp³-hybridized carbons (Fsp3) is 0.915. The minimum absolute atomic E-state index is 0.0135. The number of carbonyl (C=O) groups excluding carboxylic acids is 2. The molecule has 0 fully saturated rings. The van der Waals surface area contributed by atoms with E-state index in [1.807, 2.05) is 6.08 Å². The summed E-state index contributed by atoms with van der Waals surface area (Å²) in [4.78, 5) is 24.6. The van der Waals surface area contributed by atoms with Crippen molar-refractivity contribution in [3.8, 4) is 0 Å². The van der Waals surface area contributed by atoms with Crippen molar-refractivity contribution >= 4 is 11.9 Å². The van der Waals surface area contributed by atoms with E-state index in [2.05, 4.69) is 31.3 Å². The lowest BCUT2D eigenvalue weighted by atomic mass is 10.0. The third kappa shape index (κ3) is 63.4. The van der Waals surface area contributed by atoms with Crippen molar-refractivity contribution in [2.45, 2.75) is 405 Å². The number of carbonyl (C=O) groups is 2. The second-order valence-corrected chi connectivity index (χ2v) is 24.2. The lowest BCUT2D eigenvalue weighted by molar-refractivity contribution is -0.143. The van der Waals surface area contributed by atoms with E-state index in [0.29, 0.717) is 19.4 Å². The van der Waals surface area contributed by atoms with E-state index in [9.17, 15) is 19.8 Å². The normalized spacial score (nSPS) is 12.6. The Bertz CT molecular complexity index is 1200. The largest absolute Gasteiger partial charge is 0.466 e. The first kappa shape index (κ1) is 75.3. The number of aliphatic hydroxyl groups excluding tert-OH is 2. The van der Waals surface area contributed by atoms with Gasteiger partial charge in [-0.3, -0.25) is 9.59 Å². The van der Waals surface area contributed by atoms with Crippen LogP contribution in [-0.2, 0) is 14.3 Å². The number of ether oxygens (including phenoxy) is 1. The van der Waals surface area contributed by atoms with Gasteiger partial charge in [0.15, 0.2) is 0 Å². The van der Waals surface area contributed by atoms with E-state index in [1.54, 1.807) is 6.08 Å². The molecule has 3 N–H and O–H groups in total. The van der Waals surface area contributed by atoms with Gasteiger partial charge in [-0.25, -0.2) is 0 Å². The molecule has 456 valence electrons. The Morgan fingerprint density at radius 1 is 0.351 bits per heavy atom. The van der Waals surface area contributed by atoms with Gasteiger partial charge >= 0.3 is 5.97 Å². The van der Waals surface area contributed by atoms with Crippen molar-refractivity contribution < 1.29 is 24.5 Å². The lowest BCUT2D eigenvalue weighted by Gasteiger charge is -2.20. The topological polar surface area (TPSA) is 95.9 Å². The molecule has 6 nitrogen and oxygen atoms in total. The maximum absolute atomic E-state index is 12.5. The molecule has 0 saturated carbocycles. The van der Waals surface area contributed by atoms with E-state index in [1.165, 1.54) is 327 Å². The predicted molar refractivity (Wildman–Crippen MR) is 338 cm³/mol. The van der Waals surface area contributed by atoms with Crippen molar-refractivity contribution in [2.24, 2.45) is 0 Å². The number of allylic oxidation sites excluding steroid dienone is 3. The maximum atomic E-state index is 12.5. The van der Waals surface area contributed by atoms with Gasteiger partial charge in [-0.1, -0.05) is 346 Å². The van der Waals surface area contributed by atoms with E-state index >= 15 is 0 Å². The molecule has 0 bridgehead atoms. The van der Waals surface area contributed by atoms with Gasteiger partial charge in [-0.05, 0) is 57.8 Å². The highest BCUT2D eigenvalue weighted by molar-refractivity contribution is 5.76. The Hall–Kier alpha value is -1.66. The fourth-order valence-corrected chi connectivity index (χ4v) is 11.1. The number of amides is 1. The van der Waals surface area contributed by atoms with Crippen LogP contribution in [0.15, 0.2) is 24.3 Å². The average molecular weight is 1080 g/mol. The van der Waals surface area contributed by atoms with Crippen molar-refractivity contribution in [1.82, 2.24) is 5.32 Å². The van der Waals surface area contributed by atoms with Crippen LogP contribution < -0.4 is 5.32 Å². The molecule has 1 amide bonds. The summed E-state index contributed by atoms with van der Waals surface area (Å²) >= 11 is 0. The zero-order chi connectivity index (χ0) is 55.7. The van der Waals surface area contributed by atoms with Crippen LogP contribution in [0.2, 0.25) is 0 Å². The minimum Gasteiger partial charge on any atom is -0.466 e. The molecular weight excluding hydrogens is 947 g/mol. The molecule has 6 heteroatoms. The number of aliphatic hydroxyl groups is 2. The summed E-state index contributed by atoms with van der Waals surface area (Å²) in [5.41, 5.74) is 0. The second kappa shape index (κ2) is 66.8. The van der Waals surface area contributed by atoms with Gasteiger partial charge in [-0.2, -0.15) is 0 Å². The molecule has 2 atom stereocenters. The first-order valence-electron chi connectivity index (χ1n) is 35.1. The van der Waals surface area contributed by atoms with Crippen molar-refractivity contribution in [2.75, 3.05) is 13.2 Å². The number of nitrogens with one attached hydrogen (secondary N) is 1. The number of hydrogen-bond donors (Lipinski definition) is 3. The standard InChI is InChI=1S/C71H137NO5/c1-3-5-7-9-11-13-15-17-18-19-20-21-22-25-28-31-34-37-40-43-47-51-55-59-63-69(74)68(67-73)72-70(75)64-60-56-52-48-44-41-38-35-32-29-26-23-24-27-30-33-36-39-42-46-50-54-58-62-66-77-71(76)65-61-57-53-49-45-16-14-12-10-8-6-4-2/h26,29,59,63,68-69,73-74H,3-25,27-28,30-58,60-62,64-67H2,1-2H3,(H,72,75)/b29-26-,63-59+. The highest BCUT2D eigenvalue weighted by Gasteiger charge is 2.18. The highest BCUT2D eigenvalue weighted by atomic mass is 16.5. The SMILES string of the molecule is CCCCCCCCCCCCCCCCCCCCCCCC/C=C/C(O)C(CO)NC(=O)CCCCCCCCCC/C=C\CCCCCCCCCCCCCCOC(=O)CCCCCCCCCCCCCC. The maximum Gasteiger partial charge on any atom is 0.305 e. The van der Waals surface area contributed by atoms with Gasteiger partial charge in [0.2, 0.25) is 5.91 Å². The van der Waals surface area contributed by atoms with Crippen LogP contribution in [0, 0.1) is 0 Å². The summed E-state index contributed by atoms with van der Waals surface area (Å²) in [6, 6.07) is -0.632. The van der Waals surface area contributed by atoms with Crippen molar-refractivity contribution in [3.05, 3.63) is 24.3 Å². The fourth-order valence-electron chi connectivity index (χ4n) is 11.1. The van der Waals surface area contributed by atoms with E-state index in [-0.39, 0.29) is 18.5 Å².